The largest absolute Gasteiger partial charge is 0.366 e. The third-order valence-electron chi connectivity index (χ3n) is 3.77. The molecular formula is C15H26N2O3. The highest BCUT2D eigenvalue weighted by atomic mass is 16.5. The predicted molar refractivity (Wildman–Crippen MR) is 76.2 cm³/mol. The Balaban J connectivity index is 1.67. The molecule has 1 saturated heterocycles. The van der Waals surface area contributed by atoms with E-state index >= 15 is 0 Å². The molecular weight excluding hydrogens is 256 g/mol. The molecule has 1 N–H and O–H groups in total. The lowest BCUT2D eigenvalue weighted by Gasteiger charge is -2.33. The van der Waals surface area contributed by atoms with Gasteiger partial charge in [0.2, 0.25) is 11.8 Å². The van der Waals surface area contributed by atoms with Crippen molar-refractivity contribution in [2.75, 3.05) is 19.7 Å². The fourth-order valence-corrected chi connectivity index (χ4v) is 2.31. The first-order chi connectivity index (χ1) is 9.35. The van der Waals surface area contributed by atoms with E-state index in [9.17, 15) is 9.59 Å². The molecule has 0 aromatic carbocycles. The van der Waals surface area contributed by atoms with Gasteiger partial charge in [0.05, 0.1) is 5.60 Å². The van der Waals surface area contributed by atoms with Gasteiger partial charge in [-0.2, -0.15) is 0 Å². The summed E-state index contributed by atoms with van der Waals surface area (Å²) < 4.78 is 5.51. The minimum Gasteiger partial charge on any atom is -0.366 e. The van der Waals surface area contributed by atoms with Crippen molar-refractivity contribution in [3.63, 3.8) is 0 Å². The molecule has 1 aliphatic carbocycles. The summed E-state index contributed by atoms with van der Waals surface area (Å²) in [5.74, 6) is 0.507. The minimum atomic E-state index is -0.285. The summed E-state index contributed by atoms with van der Waals surface area (Å²) in [5, 5.41) is 3.09. The van der Waals surface area contributed by atoms with Crippen LogP contribution in [0.2, 0.25) is 0 Å². The Bertz CT molecular complexity index is 364. The van der Waals surface area contributed by atoms with E-state index in [2.05, 4.69) is 5.32 Å². The third-order valence-corrected chi connectivity index (χ3v) is 3.77. The van der Waals surface area contributed by atoms with Gasteiger partial charge in [0.15, 0.2) is 0 Å². The van der Waals surface area contributed by atoms with Crippen molar-refractivity contribution in [2.45, 2.75) is 58.1 Å². The second-order valence-corrected chi connectivity index (χ2v) is 6.84. The van der Waals surface area contributed by atoms with Gasteiger partial charge in [0.25, 0.3) is 0 Å². The molecule has 1 saturated carbocycles. The molecule has 5 heteroatoms. The van der Waals surface area contributed by atoms with Crippen LogP contribution in [0.4, 0.5) is 0 Å². The number of carbonyl (C=O) groups is 2. The number of nitrogens with one attached hydrogen (secondary N) is 1. The van der Waals surface area contributed by atoms with Crippen LogP contribution in [-0.4, -0.2) is 48.1 Å². The van der Waals surface area contributed by atoms with E-state index in [1.54, 1.807) is 0 Å². The van der Waals surface area contributed by atoms with Crippen LogP contribution < -0.4 is 5.32 Å². The second-order valence-electron chi connectivity index (χ2n) is 6.84. The summed E-state index contributed by atoms with van der Waals surface area (Å²) in [6.07, 6.45) is 3.76. The number of rotatable bonds is 4. The van der Waals surface area contributed by atoms with Crippen LogP contribution in [-0.2, 0) is 14.3 Å². The molecule has 2 rings (SSSR count). The van der Waals surface area contributed by atoms with Crippen LogP contribution in [0, 0.1) is 5.92 Å². The summed E-state index contributed by atoms with van der Waals surface area (Å²) in [6, 6.07) is 0.232. The zero-order valence-corrected chi connectivity index (χ0v) is 12.8. The van der Waals surface area contributed by atoms with Crippen LogP contribution in [0.5, 0.6) is 0 Å². The smallest absolute Gasteiger partial charge is 0.248 e. The summed E-state index contributed by atoms with van der Waals surface area (Å²) in [7, 11) is 0. The summed E-state index contributed by atoms with van der Waals surface area (Å²) in [6.45, 7) is 7.40. The average Bonchev–Trinajstić information content (AvgIpc) is 3.20. The molecule has 0 radical (unpaired) electrons. The highest BCUT2D eigenvalue weighted by molar-refractivity contribution is 5.81. The van der Waals surface area contributed by atoms with Crippen LogP contribution in [0.3, 0.4) is 0 Å². The van der Waals surface area contributed by atoms with Gasteiger partial charge >= 0.3 is 0 Å². The van der Waals surface area contributed by atoms with Crippen LogP contribution in [0.15, 0.2) is 0 Å². The van der Waals surface area contributed by atoms with Crippen LogP contribution in [0.25, 0.3) is 0 Å². The lowest BCUT2D eigenvalue weighted by Crippen LogP contribution is -2.48. The maximum atomic E-state index is 12.0. The number of ether oxygens (including phenoxy) is 1. The molecule has 2 fully saturated rings. The van der Waals surface area contributed by atoms with E-state index in [4.69, 9.17) is 4.74 Å². The molecule has 0 aromatic rings. The predicted octanol–water partition coefficient (Wildman–Crippen LogP) is 1.32. The van der Waals surface area contributed by atoms with Crippen molar-refractivity contribution < 1.29 is 14.3 Å². The van der Waals surface area contributed by atoms with Gasteiger partial charge in [-0.15, -0.1) is 0 Å². The van der Waals surface area contributed by atoms with Gasteiger partial charge in [0, 0.05) is 25.0 Å². The molecule has 0 bridgehead atoms. The lowest BCUT2D eigenvalue weighted by atomic mass is 10.0. The third kappa shape index (κ3) is 4.78. The Labute approximate surface area is 121 Å². The first kappa shape index (κ1) is 15.3. The molecule has 114 valence electrons. The molecule has 2 aliphatic rings. The highest BCUT2D eigenvalue weighted by Crippen LogP contribution is 2.29. The van der Waals surface area contributed by atoms with Gasteiger partial charge in [0.1, 0.15) is 6.61 Å². The van der Waals surface area contributed by atoms with Gasteiger partial charge in [-0.25, -0.2) is 0 Å². The Morgan fingerprint density at radius 3 is 2.25 bits per heavy atom. The average molecular weight is 282 g/mol. The molecule has 0 spiro atoms. The number of hydrogen-bond acceptors (Lipinski definition) is 3. The molecule has 0 atom stereocenters. The van der Waals surface area contributed by atoms with Crippen molar-refractivity contribution in [1.29, 1.82) is 0 Å². The first-order valence-corrected chi connectivity index (χ1v) is 7.57. The Morgan fingerprint density at radius 2 is 1.75 bits per heavy atom. The van der Waals surface area contributed by atoms with E-state index in [0.29, 0.717) is 13.1 Å². The number of nitrogens with zero attached hydrogens (tertiary/aromatic N) is 1. The summed E-state index contributed by atoms with van der Waals surface area (Å²) in [4.78, 5) is 25.5. The Hall–Kier alpha value is -1.10. The van der Waals surface area contributed by atoms with Crippen molar-refractivity contribution in [1.82, 2.24) is 10.2 Å². The minimum absolute atomic E-state index is 0.0481. The SMILES string of the molecule is CC(C)(C)OCC(=O)N1CCC(NC(=O)C2CC2)CC1. The topological polar surface area (TPSA) is 58.6 Å². The monoisotopic (exact) mass is 282 g/mol. The van der Waals surface area contributed by atoms with Crippen molar-refractivity contribution in [2.24, 2.45) is 5.92 Å². The van der Waals surface area contributed by atoms with E-state index in [1.807, 2.05) is 25.7 Å². The lowest BCUT2D eigenvalue weighted by molar-refractivity contribution is -0.142. The van der Waals surface area contributed by atoms with E-state index in [1.165, 1.54) is 0 Å². The molecule has 5 nitrogen and oxygen atoms in total. The van der Waals surface area contributed by atoms with E-state index in [-0.39, 0.29) is 36.0 Å². The first-order valence-electron chi connectivity index (χ1n) is 7.57. The number of piperidine rings is 1. The molecule has 2 amide bonds. The van der Waals surface area contributed by atoms with Crippen molar-refractivity contribution in [3.05, 3.63) is 0 Å². The fraction of sp³-hybridized carbons (Fsp3) is 0.867. The Morgan fingerprint density at radius 1 is 1.15 bits per heavy atom. The zero-order chi connectivity index (χ0) is 14.8. The van der Waals surface area contributed by atoms with Crippen LogP contribution in [0.1, 0.15) is 46.5 Å². The molecule has 1 aliphatic heterocycles. The normalized spacial score (nSPS) is 20.9. The van der Waals surface area contributed by atoms with Gasteiger partial charge in [-0.3, -0.25) is 9.59 Å². The molecule has 20 heavy (non-hydrogen) atoms. The Kier molecular flexibility index (Phi) is 4.68. The van der Waals surface area contributed by atoms with Crippen molar-refractivity contribution in [3.8, 4) is 0 Å². The number of amides is 2. The van der Waals surface area contributed by atoms with E-state index in [0.717, 1.165) is 25.7 Å². The number of hydrogen-bond donors (Lipinski definition) is 1. The van der Waals surface area contributed by atoms with Crippen LogP contribution >= 0.6 is 0 Å². The molecule has 1 heterocycles. The van der Waals surface area contributed by atoms with Gasteiger partial charge in [-0.05, 0) is 46.5 Å². The van der Waals surface area contributed by atoms with Gasteiger partial charge in [-0.1, -0.05) is 0 Å². The maximum Gasteiger partial charge on any atom is 0.248 e. The molecule has 0 aromatic heterocycles. The molecule has 0 unspecified atom stereocenters. The quantitative estimate of drug-likeness (QED) is 0.846. The summed E-state index contributed by atoms with van der Waals surface area (Å²) in [5.41, 5.74) is -0.285. The van der Waals surface area contributed by atoms with Crippen molar-refractivity contribution >= 4 is 11.8 Å². The van der Waals surface area contributed by atoms with Gasteiger partial charge < -0.3 is 15.0 Å². The second kappa shape index (κ2) is 6.12. The highest BCUT2D eigenvalue weighted by Gasteiger charge is 2.32. The number of likely N-dealkylation sites (tertiary alicyclic amines) is 1. The zero-order valence-electron chi connectivity index (χ0n) is 12.8. The van der Waals surface area contributed by atoms with E-state index < -0.39 is 0 Å². The summed E-state index contributed by atoms with van der Waals surface area (Å²) >= 11 is 0. The standard InChI is InChI=1S/C15H26N2O3/c1-15(2,3)20-10-13(18)17-8-6-12(7-9-17)16-14(19)11-4-5-11/h11-12H,4-10H2,1-3H3,(H,16,19). The number of carbonyl (C=O) groups excluding carboxylic acids is 2. The maximum absolute atomic E-state index is 12.0. The fourth-order valence-electron chi connectivity index (χ4n) is 2.31.